The number of nitrogens with one attached hydrogen (secondary N) is 1. The minimum atomic E-state index is -0.276. The zero-order chi connectivity index (χ0) is 12.3. The minimum absolute atomic E-state index is 0.0877. The molecular formula is C13H17FN2O. The van der Waals surface area contributed by atoms with Gasteiger partial charge in [-0.15, -0.1) is 0 Å². The Kier molecular flexibility index (Phi) is 3.74. The maximum absolute atomic E-state index is 12.8. The Morgan fingerprint density at radius 3 is 2.76 bits per heavy atom. The summed E-state index contributed by atoms with van der Waals surface area (Å²) < 4.78 is 12.8. The van der Waals surface area contributed by atoms with Gasteiger partial charge >= 0.3 is 0 Å². The van der Waals surface area contributed by atoms with Crippen molar-refractivity contribution in [1.82, 2.24) is 5.32 Å². The summed E-state index contributed by atoms with van der Waals surface area (Å²) in [6.45, 7) is 3.49. The van der Waals surface area contributed by atoms with Gasteiger partial charge in [0.1, 0.15) is 5.82 Å². The molecule has 1 unspecified atom stereocenters. The number of rotatable bonds is 3. The van der Waals surface area contributed by atoms with E-state index in [4.69, 9.17) is 0 Å². The molecule has 1 fully saturated rings. The highest BCUT2D eigenvalue weighted by atomic mass is 19.1. The monoisotopic (exact) mass is 236 g/mol. The summed E-state index contributed by atoms with van der Waals surface area (Å²) in [6, 6.07) is 5.99. The summed E-state index contributed by atoms with van der Waals surface area (Å²) in [5, 5.41) is 3.18. The van der Waals surface area contributed by atoms with Gasteiger partial charge in [0, 0.05) is 12.2 Å². The highest BCUT2D eigenvalue weighted by Crippen LogP contribution is 2.21. The van der Waals surface area contributed by atoms with Gasteiger partial charge in [0.05, 0.1) is 6.04 Å². The van der Waals surface area contributed by atoms with Crippen LogP contribution in [0.3, 0.4) is 0 Å². The van der Waals surface area contributed by atoms with Gasteiger partial charge in [0.15, 0.2) is 0 Å². The molecule has 1 aliphatic heterocycles. The third kappa shape index (κ3) is 2.64. The van der Waals surface area contributed by atoms with Gasteiger partial charge in [-0.25, -0.2) is 4.39 Å². The summed E-state index contributed by atoms with van der Waals surface area (Å²) in [4.78, 5) is 13.9. The molecule has 2 rings (SSSR count). The third-order valence-corrected chi connectivity index (χ3v) is 3.03. The molecule has 0 spiro atoms. The maximum Gasteiger partial charge on any atom is 0.244 e. The van der Waals surface area contributed by atoms with Gasteiger partial charge in [-0.05, 0) is 43.7 Å². The first kappa shape index (κ1) is 12.0. The van der Waals surface area contributed by atoms with Gasteiger partial charge in [-0.2, -0.15) is 0 Å². The first-order chi connectivity index (χ1) is 8.22. The van der Waals surface area contributed by atoms with Crippen LogP contribution in [0.5, 0.6) is 0 Å². The lowest BCUT2D eigenvalue weighted by atomic mass is 10.0. The van der Waals surface area contributed by atoms with Gasteiger partial charge < -0.3 is 10.2 Å². The number of benzene rings is 1. The molecule has 1 N–H and O–H groups in total. The lowest BCUT2D eigenvalue weighted by Gasteiger charge is -2.32. The number of carbonyl (C=O) groups is 1. The molecule has 1 amide bonds. The van der Waals surface area contributed by atoms with Crippen LogP contribution >= 0.6 is 0 Å². The van der Waals surface area contributed by atoms with Crippen LogP contribution in [0.15, 0.2) is 24.3 Å². The fourth-order valence-electron chi connectivity index (χ4n) is 2.19. The van der Waals surface area contributed by atoms with E-state index in [1.807, 2.05) is 6.92 Å². The second-order valence-corrected chi connectivity index (χ2v) is 4.22. The van der Waals surface area contributed by atoms with E-state index in [9.17, 15) is 9.18 Å². The largest absolute Gasteiger partial charge is 0.311 e. The van der Waals surface area contributed by atoms with Crippen LogP contribution in [0, 0.1) is 5.82 Å². The van der Waals surface area contributed by atoms with Crippen LogP contribution in [-0.4, -0.2) is 25.0 Å². The van der Waals surface area contributed by atoms with Gasteiger partial charge in [0.2, 0.25) is 5.91 Å². The normalized spacial score (nSPS) is 20.7. The standard InChI is InChI=1S/C13H17FN2O/c1-2-15-12-4-3-9-16(13(12)17)11-7-5-10(14)6-8-11/h5-8,12,15H,2-4,9H2,1H3. The van der Waals surface area contributed by atoms with Crippen LogP contribution in [0.4, 0.5) is 10.1 Å². The number of nitrogens with zero attached hydrogens (tertiary/aromatic N) is 1. The molecule has 0 aliphatic carbocycles. The Bertz CT molecular complexity index is 389. The van der Waals surface area contributed by atoms with Crippen molar-refractivity contribution < 1.29 is 9.18 Å². The van der Waals surface area contributed by atoms with Gasteiger partial charge in [-0.3, -0.25) is 4.79 Å². The number of piperidine rings is 1. The maximum atomic E-state index is 12.8. The number of hydrogen-bond acceptors (Lipinski definition) is 2. The number of carbonyl (C=O) groups excluding carboxylic acids is 1. The van der Waals surface area contributed by atoms with E-state index in [-0.39, 0.29) is 17.8 Å². The summed E-state index contributed by atoms with van der Waals surface area (Å²) in [5.74, 6) is -0.189. The van der Waals surface area contributed by atoms with Crippen molar-refractivity contribution in [3.63, 3.8) is 0 Å². The van der Waals surface area contributed by atoms with Gasteiger partial charge in [0.25, 0.3) is 0 Å². The van der Waals surface area contributed by atoms with Gasteiger partial charge in [-0.1, -0.05) is 6.92 Å². The van der Waals surface area contributed by atoms with Crippen molar-refractivity contribution in [2.24, 2.45) is 0 Å². The minimum Gasteiger partial charge on any atom is -0.311 e. The Morgan fingerprint density at radius 1 is 1.41 bits per heavy atom. The van der Waals surface area contributed by atoms with E-state index in [2.05, 4.69) is 5.32 Å². The molecule has 3 nitrogen and oxygen atoms in total. The summed E-state index contributed by atoms with van der Waals surface area (Å²) >= 11 is 0. The zero-order valence-corrected chi connectivity index (χ0v) is 9.95. The molecule has 1 saturated heterocycles. The molecule has 17 heavy (non-hydrogen) atoms. The summed E-state index contributed by atoms with van der Waals surface area (Å²) in [6.07, 6.45) is 1.85. The molecule has 0 aromatic heterocycles. The molecule has 0 saturated carbocycles. The van der Waals surface area contributed by atoms with Crippen molar-refractivity contribution in [3.8, 4) is 0 Å². The summed E-state index contributed by atoms with van der Waals surface area (Å²) in [7, 11) is 0. The Labute approximate surface area is 101 Å². The van der Waals surface area contributed by atoms with E-state index in [0.717, 1.165) is 25.1 Å². The van der Waals surface area contributed by atoms with E-state index in [0.29, 0.717) is 6.54 Å². The topological polar surface area (TPSA) is 32.3 Å². The van der Waals surface area contributed by atoms with E-state index < -0.39 is 0 Å². The molecule has 92 valence electrons. The van der Waals surface area contributed by atoms with Crippen molar-refractivity contribution >= 4 is 11.6 Å². The Hall–Kier alpha value is -1.42. The predicted molar refractivity (Wildman–Crippen MR) is 65.5 cm³/mol. The lowest BCUT2D eigenvalue weighted by Crippen LogP contribution is -2.50. The van der Waals surface area contributed by atoms with Crippen molar-refractivity contribution in [2.45, 2.75) is 25.8 Å². The first-order valence-electron chi connectivity index (χ1n) is 6.02. The van der Waals surface area contributed by atoms with E-state index in [1.54, 1.807) is 17.0 Å². The molecule has 1 aromatic carbocycles. The zero-order valence-electron chi connectivity index (χ0n) is 9.95. The fraction of sp³-hybridized carbons (Fsp3) is 0.462. The number of halogens is 1. The quantitative estimate of drug-likeness (QED) is 0.869. The molecular weight excluding hydrogens is 219 g/mol. The van der Waals surface area contributed by atoms with Crippen molar-refractivity contribution in [3.05, 3.63) is 30.1 Å². The van der Waals surface area contributed by atoms with E-state index >= 15 is 0 Å². The molecule has 0 bridgehead atoms. The van der Waals surface area contributed by atoms with Crippen LogP contribution in [0.2, 0.25) is 0 Å². The number of hydrogen-bond donors (Lipinski definition) is 1. The third-order valence-electron chi connectivity index (χ3n) is 3.03. The number of likely N-dealkylation sites (N-methyl/N-ethyl adjacent to an activating group) is 1. The molecule has 1 aromatic rings. The second kappa shape index (κ2) is 5.27. The highest BCUT2D eigenvalue weighted by molar-refractivity contribution is 5.97. The molecule has 0 radical (unpaired) electrons. The SMILES string of the molecule is CCNC1CCCN(c2ccc(F)cc2)C1=O. The molecule has 1 aliphatic rings. The van der Waals surface area contributed by atoms with Crippen LogP contribution in [-0.2, 0) is 4.79 Å². The lowest BCUT2D eigenvalue weighted by molar-refractivity contribution is -0.121. The average molecular weight is 236 g/mol. The fourth-order valence-corrected chi connectivity index (χ4v) is 2.19. The Morgan fingerprint density at radius 2 is 2.12 bits per heavy atom. The number of anilines is 1. The summed E-state index contributed by atoms with van der Waals surface area (Å²) in [5.41, 5.74) is 0.777. The van der Waals surface area contributed by atoms with Crippen LogP contribution in [0.25, 0.3) is 0 Å². The molecule has 1 heterocycles. The van der Waals surface area contributed by atoms with E-state index in [1.165, 1.54) is 12.1 Å². The number of amides is 1. The van der Waals surface area contributed by atoms with Crippen LogP contribution < -0.4 is 10.2 Å². The highest BCUT2D eigenvalue weighted by Gasteiger charge is 2.28. The smallest absolute Gasteiger partial charge is 0.244 e. The predicted octanol–water partition coefficient (Wildman–Crippen LogP) is 1.93. The average Bonchev–Trinajstić information content (AvgIpc) is 2.34. The first-order valence-corrected chi connectivity index (χ1v) is 6.02. The second-order valence-electron chi connectivity index (χ2n) is 4.22. The molecule has 1 atom stereocenters. The van der Waals surface area contributed by atoms with Crippen molar-refractivity contribution in [1.29, 1.82) is 0 Å². The Balaban J connectivity index is 2.14. The molecule has 4 heteroatoms. The van der Waals surface area contributed by atoms with Crippen LogP contribution in [0.1, 0.15) is 19.8 Å². The van der Waals surface area contributed by atoms with Crippen molar-refractivity contribution in [2.75, 3.05) is 18.0 Å².